The van der Waals surface area contributed by atoms with Gasteiger partial charge in [-0.05, 0) is 5.56 Å². The lowest BCUT2D eigenvalue weighted by atomic mass is 10.1. The van der Waals surface area contributed by atoms with E-state index in [0.29, 0.717) is 0 Å². The maximum Gasteiger partial charge on any atom is 0.410 e. The fourth-order valence-corrected chi connectivity index (χ4v) is 1.85. The predicted octanol–water partition coefficient (Wildman–Crippen LogP) is 0.909. The van der Waals surface area contributed by atoms with E-state index in [-0.39, 0.29) is 19.7 Å². The third-order valence-corrected chi connectivity index (χ3v) is 2.90. The summed E-state index contributed by atoms with van der Waals surface area (Å²) in [4.78, 5) is 34.9. The molecule has 6 heteroatoms. The van der Waals surface area contributed by atoms with Crippen molar-refractivity contribution < 1.29 is 24.2 Å². The lowest BCUT2D eigenvalue weighted by Crippen LogP contribution is -2.30. The van der Waals surface area contributed by atoms with Crippen molar-refractivity contribution in [2.75, 3.05) is 13.1 Å². The molecule has 100 valence electrons. The Morgan fingerprint density at radius 1 is 1.32 bits per heavy atom. The van der Waals surface area contributed by atoms with Crippen molar-refractivity contribution in [2.24, 2.45) is 5.92 Å². The highest BCUT2D eigenvalue weighted by Crippen LogP contribution is 2.14. The molecule has 1 amide bonds. The Morgan fingerprint density at radius 3 is 2.58 bits per heavy atom. The number of hydrogen-bond acceptors (Lipinski definition) is 4. The van der Waals surface area contributed by atoms with Crippen molar-refractivity contribution in [2.45, 2.75) is 6.61 Å². The van der Waals surface area contributed by atoms with Crippen LogP contribution in [-0.4, -0.2) is 40.9 Å². The molecule has 1 aliphatic heterocycles. The highest BCUT2D eigenvalue weighted by molar-refractivity contribution is 6.02. The molecule has 0 bridgehead atoms. The van der Waals surface area contributed by atoms with Gasteiger partial charge in [-0.1, -0.05) is 30.3 Å². The fourth-order valence-electron chi connectivity index (χ4n) is 1.85. The molecular weight excluding hydrogens is 250 g/mol. The maximum atomic E-state index is 11.7. The van der Waals surface area contributed by atoms with Gasteiger partial charge in [0.15, 0.2) is 5.78 Å². The number of amides is 1. The summed E-state index contributed by atoms with van der Waals surface area (Å²) in [6.07, 6.45) is -0.666. The van der Waals surface area contributed by atoms with Gasteiger partial charge in [-0.3, -0.25) is 14.5 Å². The molecule has 0 radical (unpaired) electrons. The number of ether oxygens (including phenoxy) is 1. The highest BCUT2D eigenvalue weighted by atomic mass is 16.6. The molecule has 1 aromatic carbocycles. The zero-order chi connectivity index (χ0) is 13.8. The molecule has 1 aliphatic rings. The Labute approximate surface area is 109 Å². The van der Waals surface area contributed by atoms with E-state index in [1.165, 1.54) is 0 Å². The van der Waals surface area contributed by atoms with E-state index in [1.807, 2.05) is 30.3 Å². The summed E-state index contributed by atoms with van der Waals surface area (Å²) in [6, 6.07) is 9.11. The van der Waals surface area contributed by atoms with Crippen molar-refractivity contribution in [1.82, 2.24) is 4.90 Å². The Bertz CT molecular complexity index is 499. The first kappa shape index (κ1) is 13.1. The molecule has 1 fully saturated rings. The molecule has 2 rings (SSSR count). The van der Waals surface area contributed by atoms with Crippen molar-refractivity contribution in [3.8, 4) is 0 Å². The number of carbonyl (C=O) groups is 3. The van der Waals surface area contributed by atoms with Crippen molar-refractivity contribution in [3.05, 3.63) is 35.9 Å². The topological polar surface area (TPSA) is 83.9 Å². The molecule has 0 aliphatic carbocycles. The van der Waals surface area contributed by atoms with E-state index in [2.05, 4.69) is 0 Å². The van der Waals surface area contributed by atoms with Gasteiger partial charge in [-0.25, -0.2) is 4.79 Å². The molecule has 19 heavy (non-hydrogen) atoms. The number of rotatable bonds is 3. The van der Waals surface area contributed by atoms with E-state index >= 15 is 0 Å². The average Bonchev–Trinajstić information content (AvgIpc) is 2.79. The van der Waals surface area contributed by atoms with Crippen LogP contribution in [0, 0.1) is 5.92 Å². The van der Waals surface area contributed by atoms with E-state index < -0.39 is 23.8 Å². The minimum absolute atomic E-state index is 0.0993. The highest BCUT2D eigenvalue weighted by Gasteiger charge is 2.38. The van der Waals surface area contributed by atoms with Crippen molar-refractivity contribution >= 4 is 17.8 Å². The summed E-state index contributed by atoms with van der Waals surface area (Å²) >= 11 is 0. The van der Waals surface area contributed by atoms with Crippen molar-refractivity contribution in [1.29, 1.82) is 0 Å². The minimum atomic E-state index is -1.21. The second kappa shape index (κ2) is 5.51. The number of hydrogen-bond donors (Lipinski definition) is 1. The third kappa shape index (κ3) is 3.09. The van der Waals surface area contributed by atoms with Crippen LogP contribution in [0.1, 0.15) is 5.56 Å². The number of benzene rings is 1. The number of carboxylic acids is 1. The standard InChI is InChI=1S/C13H13NO5/c15-11-7-14(6-10(11)12(16)17)13(18)19-8-9-4-2-1-3-5-9/h1-5,10H,6-8H2,(H,16,17). The molecule has 1 saturated heterocycles. The smallest absolute Gasteiger partial charge is 0.410 e. The minimum Gasteiger partial charge on any atom is -0.481 e. The third-order valence-electron chi connectivity index (χ3n) is 2.90. The number of nitrogens with zero attached hydrogens (tertiary/aromatic N) is 1. The molecule has 0 aromatic heterocycles. The summed E-state index contributed by atoms with van der Waals surface area (Å²) in [6.45, 7) is -0.228. The molecule has 1 unspecified atom stereocenters. The predicted molar refractivity (Wildman–Crippen MR) is 64.3 cm³/mol. The van der Waals surface area contributed by atoms with Crippen LogP contribution in [0.2, 0.25) is 0 Å². The zero-order valence-corrected chi connectivity index (χ0v) is 10.1. The van der Waals surface area contributed by atoms with Gasteiger partial charge in [0, 0.05) is 6.54 Å². The van der Waals surface area contributed by atoms with Crippen LogP contribution in [-0.2, 0) is 20.9 Å². The second-order valence-corrected chi connectivity index (χ2v) is 4.28. The Morgan fingerprint density at radius 2 is 2.00 bits per heavy atom. The summed E-state index contributed by atoms with van der Waals surface area (Å²) in [5.74, 6) is -2.81. The zero-order valence-electron chi connectivity index (χ0n) is 10.1. The number of Topliss-reactive ketones (excluding diaryl/α,β-unsaturated/α-hetero) is 1. The molecule has 6 nitrogen and oxygen atoms in total. The van der Waals surface area contributed by atoms with Gasteiger partial charge in [0.1, 0.15) is 12.5 Å². The fraction of sp³-hybridized carbons (Fsp3) is 0.308. The van der Waals surface area contributed by atoms with Gasteiger partial charge in [0.2, 0.25) is 0 Å². The van der Waals surface area contributed by atoms with E-state index in [1.54, 1.807) is 0 Å². The van der Waals surface area contributed by atoms with Crippen LogP contribution in [0.3, 0.4) is 0 Å². The summed E-state index contributed by atoms with van der Waals surface area (Å²) in [5.41, 5.74) is 0.830. The lowest BCUT2D eigenvalue weighted by Gasteiger charge is -2.14. The molecule has 0 saturated carbocycles. The molecule has 1 N–H and O–H groups in total. The molecule has 1 atom stereocenters. The lowest BCUT2D eigenvalue weighted by molar-refractivity contribution is -0.144. The summed E-state index contributed by atoms with van der Waals surface area (Å²) < 4.78 is 5.03. The number of carbonyl (C=O) groups excluding carboxylic acids is 2. The van der Waals surface area contributed by atoms with Gasteiger partial charge in [-0.2, -0.15) is 0 Å². The summed E-state index contributed by atoms with van der Waals surface area (Å²) in [5, 5.41) is 8.79. The number of carboxylic acid groups (broad SMARTS) is 1. The van der Waals surface area contributed by atoms with Gasteiger partial charge in [0.05, 0.1) is 6.54 Å². The van der Waals surface area contributed by atoms with Gasteiger partial charge < -0.3 is 9.84 Å². The molecule has 1 heterocycles. The van der Waals surface area contributed by atoms with E-state index in [4.69, 9.17) is 9.84 Å². The van der Waals surface area contributed by atoms with E-state index in [9.17, 15) is 14.4 Å². The van der Waals surface area contributed by atoms with E-state index in [0.717, 1.165) is 10.5 Å². The largest absolute Gasteiger partial charge is 0.481 e. The van der Waals surface area contributed by atoms with Crippen LogP contribution in [0.5, 0.6) is 0 Å². The maximum absolute atomic E-state index is 11.7. The van der Waals surface area contributed by atoms with Crippen LogP contribution in [0.15, 0.2) is 30.3 Å². The Kier molecular flexibility index (Phi) is 3.79. The van der Waals surface area contributed by atoms with Gasteiger partial charge in [-0.15, -0.1) is 0 Å². The van der Waals surface area contributed by atoms with Crippen molar-refractivity contribution in [3.63, 3.8) is 0 Å². The first-order valence-electron chi connectivity index (χ1n) is 5.79. The SMILES string of the molecule is O=C(O)C1CN(C(=O)OCc2ccccc2)CC1=O. The number of likely N-dealkylation sites (tertiary alicyclic amines) is 1. The van der Waals surface area contributed by atoms with Gasteiger partial charge >= 0.3 is 12.1 Å². The first-order valence-corrected chi connectivity index (χ1v) is 5.79. The monoisotopic (exact) mass is 263 g/mol. The number of aliphatic carboxylic acids is 1. The average molecular weight is 263 g/mol. The van der Waals surface area contributed by atoms with Crippen LogP contribution in [0.4, 0.5) is 4.79 Å². The quantitative estimate of drug-likeness (QED) is 0.819. The van der Waals surface area contributed by atoms with Crippen LogP contribution in [0.25, 0.3) is 0 Å². The summed E-state index contributed by atoms with van der Waals surface area (Å²) in [7, 11) is 0. The molecule has 1 aromatic rings. The van der Waals surface area contributed by atoms with Gasteiger partial charge in [0.25, 0.3) is 0 Å². The molecule has 0 spiro atoms. The Hall–Kier alpha value is -2.37. The Balaban J connectivity index is 1.88. The second-order valence-electron chi connectivity index (χ2n) is 4.28. The number of ketones is 1. The molecular formula is C13H13NO5. The van der Waals surface area contributed by atoms with Crippen LogP contribution < -0.4 is 0 Å². The first-order chi connectivity index (χ1) is 9.08. The normalized spacial score (nSPS) is 18.4. The van der Waals surface area contributed by atoms with Crippen LogP contribution >= 0.6 is 0 Å².